The number of amides is 1. The van der Waals surface area contributed by atoms with Crippen molar-refractivity contribution < 1.29 is 9.21 Å². The number of guanidine groups is 1. The number of rotatable bonds is 9. The van der Waals surface area contributed by atoms with Crippen LogP contribution in [0.5, 0.6) is 0 Å². The molecule has 2 aromatic rings. The minimum absolute atomic E-state index is 0.201. The van der Waals surface area contributed by atoms with Crippen molar-refractivity contribution in [1.29, 1.82) is 0 Å². The van der Waals surface area contributed by atoms with E-state index in [2.05, 4.69) is 28.1 Å². The molecule has 1 aliphatic rings. The highest BCUT2D eigenvalue weighted by molar-refractivity contribution is 7.09. The van der Waals surface area contributed by atoms with Crippen LogP contribution in [0.15, 0.2) is 45.3 Å². The molecule has 1 aliphatic carbocycles. The van der Waals surface area contributed by atoms with Crippen LogP contribution in [0.25, 0.3) is 0 Å². The lowest BCUT2D eigenvalue weighted by Crippen LogP contribution is -2.43. The molecule has 2 N–H and O–H groups in total. The first-order valence-corrected chi connectivity index (χ1v) is 11.3. The molecule has 0 aliphatic heterocycles. The van der Waals surface area contributed by atoms with Gasteiger partial charge in [-0.3, -0.25) is 9.79 Å². The van der Waals surface area contributed by atoms with Crippen molar-refractivity contribution in [2.24, 2.45) is 10.4 Å². The first-order chi connectivity index (χ1) is 14.1. The van der Waals surface area contributed by atoms with Crippen molar-refractivity contribution in [3.05, 3.63) is 46.5 Å². The molecular formula is C22H32N4O2S. The summed E-state index contributed by atoms with van der Waals surface area (Å²) >= 11 is 1.77. The summed E-state index contributed by atoms with van der Waals surface area (Å²) in [6.45, 7) is 2.06. The summed E-state index contributed by atoms with van der Waals surface area (Å²) in [5.41, 5.74) is -0.354. The Balaban J connectivity index is 1.61. The van der Waals surface area contributed by atoms with Crippen LogP contribution < -0.4 is 10.6 Å². The van der Waals surface area contributed by atoms with Gasteiger partial charge in [-0.1, -0.05) is 18.9 Å². The van der Waals surface area contributed by atoms with Gasteiger partial charge in [0.15, 0.2) is 5.96 Å². The van der Waals surface area contributed by atoms with Gasteiger partial charge >= 0.3 is 0 Å². The Kier molecular flexibility index (Phi) is 7.75. The number of thiophene rings is 1. The second-order valence-electron chi connectivity index (χ2n) is 7.86. The largest absolute Gasteiger partial charge is 0.469 e. The number of hydrogen-bond acceptors (Lipinski definition) is 4. The van der Waals surface area contributed by atoms with Crippen LogP contribution >= 0.6 is 11.3 Å². The van der Waals surface area contributed by atoms with Crippen molar-refractivity contribution in [3.8, 4) is 0 Å². The fourth-order valence-corrected chi connectivity index (χ4v) is 4.60. The predicted octanol–water partition coefficient (Wildman–Crippen LogP) is 3.31. The van der Waals surface area contributed by atoms with Crippen molar-refractivity contribution in [2.75, 3.05) is 33.7 Å². The van der Waals surface area contributed by atoms with Gasteiger partial charge in [0.25, 0.3) is 0 Å². The Morgan fingerprint density at radius 3 is 2.55 bits per heavy atom. The van der Waals surface area contributed by atoms with E-state index in [0.717, 1.165) is 63.3 Å². The van der Waals surface area contributed by atoms with E-state index in [1.807, 2.05) is 26.2 Å². The van der Waals surface area contributed by atoms with Gasteiger partial charge < -0.3 is 20.0 Å². The average molecular weight is 417 g/mol. The smallest absolute Gasteiger partial charge is 0.230 e. The summed E-state index contributed by atoms with van der Waals surface area (Å²) in [7, 11) is 3.68. The molecular weight excluding hydrogens is 384 g/mol. The van der Waals surface area contributed by atoms with Crippen LogP contribution in [-0.2, 0) is 17.6 Å². The van der Waals surface area contributed by atoms with Crippen LogP contribution in [0.2, 0.25) is 0 Å². The second kappa shape index (κ2) is 10.5. The highest BCUT2D eigenvalue weighted by Gasteiger charge is 2.42. The molecule has 2 aromatic heterocycles. The van der Waals surface area contributed by atoms with Crippen LogP contribution in [0.4, 0.5) is 0 Å². The zero-order valence-corrected chi connectivity index (χ0v) is 18.3. The molecule has 0 bridgehead atoms. The molecule has 7 heteroatoms. The summed E-state index contributed by atoms with van der Waals surface area (Å²) in [4.78, 5) is 20.7. The molecule has 6 nitrogen and oxygen atoms in total. The highest BCUT2D eigenvalue weighted by atomic mass is 32.1. The third kappa shape index (κ3) is 6.10. The second-order valence-corrected chi connectivity index (χ2v) is 8.90. The van der Waals surface area contributed by atoms with Crippen LogP contribution in [-0.4, -0.2) is 50.5 Å². The molecule has 0 atom stereocenters. The van der Waals surface area contributed by atoms with Crippen molar-refractivity contribution in [3.63, 3.8) is 0 Å². The van der Waals surface area contributed by atoms with Gasteiger partial charge in [-0.05, 0) is 42.8 Å². The average Bonchev–Trinajstić information content (AvgIpc) is 3.48. The summed E-state index contributed by atoms with van der Waals surface area (Å²) in [5.74, 6) is 1.92. The number of carbonyl (C=O) groups excluding carboxylic acids is 1. The van der Waals surface area contributed by atoms with E-state index in [0.29, 0.717) is 6.54 Å². The zero-order valence-electron chi connectivity index (χ0n) is 17.4. The van der Waals surface area contributed by atoms with E-state index in [-0.39, 0.29) is 11.3 Å². The number of hydrogen-bond donors (Lipinski definition) is 2. The predicted molar refractivity (Wildman–Crippen MR) is 118 cm³/mol. The standard InChI is InChI=1S/C22H32N4O2S/c1-26(2)20(27)22(11-3-4-12-22)17-25-21(23-13-9-18-7-5-15-28-18)24-14-10-19-8-6-16-29-19/h5-8,15-16H,3-4,9-14,17H2,1-2H3,(H2,23,24,25). The van der Waals surface area contributed by atoms with Crippen molar-refractivity contribution in [1.82, 2.24) is 15.5 Å². The summed E-state index contributed by atoms with van der Waals surface area (Å²) in [6, 6.07) is 8.11. The van der Waals surface area contributed by atoms with E-state index in [1.165, 1.54) is 4.88 Å². The zero-order chi connectivity index (χ0) is 20.5. The van der Waals surface area contributed by atoms with Gasteiger partial charge in [-0.2, -0.15) is 0 Å². The van der Waals surface area contributed by atoms with E-state index in [4.69, 9.17) is 9.41 Å². The normalized spacial score (nSPS) is 16.0. The molecule has 0 saturated heterocycles. The van der Waals surface area contributed by atoms with Gasteiger partial charge in [-0.15, -0.1) is 11.3 Å². The van der Waals surface area contributed by atoms with Crippen LogP contribution in [0, 0.1) is 5.41 Å². The van der Waals surface area contributed by atoms with Crippen molar-refractivity contribution in [2.45, 2.75) is 38.5 Å². The molecule has 29 heavy (non-hydrogen) atoms. The number of aliphatic imine (C=N–C) groups is 1. The number of nitrogens with one attached hydrogen (secondary N) is 2. The van der Waals surface area contributed by atoms with Crippen LogP contribution in [0.1, 0.15) is 36.3 Å². The van der Waals surface area contributed by atoms with E-state index in [9.17, 15) is 4.79 Å². The quantitative estimate of drug-likeness (QED) is 0.486. The topological polar surface area (TPSA) is 69.9 Å². The van der Waals surface area contributed by atoms with E-state index >= 15 is 0 Å². The summed E-state index contributed by atoms with van der Waals surface area (Å²) in [6.07, 6.45) is 7.48. The third-order valence-electron chi connectivity index (χ3n) is 5.45. The number of carbonyl (C=O) groups is 1. The maximum Gasteiger partial charge on any atom is 0.230 e. The third-order valence-corrected chi connectivity index (χ3v) is 6.38. The van der Waals surface area contributed by atoms with Crippen LogP contribution in [0.3, 0.4) is 0 Å². The molecule has 2 heterocycles. The monoisotopic (exact) mass is 416 g/mol. The summed E-state index contributed by atoms with van der Waals surface area (Å²) in [5, 5.41) is 8.94. The molecule has 0 aromatic carbocycles. The molecule has 1 fully saturated rings. The minimum Gasteiger partial charge on any atom is -0.469 e. The molecule has 1 saturated carbocycles. The molecule has 1 amide bonds. The van der Waals surface area contributed by atoms with Crippen molar-refractivity contribution >= 4 is 23.2 Å². The molecule has 0 radical (unpaired) electrons. The van der Waals surface area contributed by atoms with Gasteiger partial charge in [-0.25, -0.2) is 0 Å². The Labute approximate surface area is 177 Å². The van der Waals surface area contributed by atoms with Gasteiger partial charge in [0.05, 0.1) is 18.2 Å². The van der Waals surface area contributed by atoms with Gasteiger partial charge in [0, 0.05) is 38.5 Å². The van der Waals surface area contributed by atoms with Gasteiger partial charge in [0.2, 0.25) is 5.91 Å². The number of nitrogens with zero attached hydrogens (tertiary/aromatic N) is 2. The van der Waals surface area contributed by atoms with Gasteiger partial charge in [0.1, 0.15) is 5.76 Å². The SMILES string of the molecule is CN(C)C(=O)C1(CN=C(NCCc2ccco2)NCCc2cccs2)CCCC1. The molecule has 158 valence electrons. The molecule has 3 rings (SSSR count). The lowest BCUT2D eigenvalue weighted by Gasteiger charge is -2.29. The lowest BCUT2D eigenvalue weighted by atomic mass is 9.85. The van der Waals surface area contributed by atoms with E-state index in [1.54, 1.807) is 22.5 Å². The first-order valence-electron chi connectivity index (χ1n) is 10.4. The highest BCUT2D eigenvalue weighted by Crippen LogP contribution is 2.39. The Bertz CT molecular complexity index is 721. The maximum absolute atomic E-state index is 12.8. The fraction of sp³-hybridized carbons (Fsp3) is 0.545. The Morgan fingerprint density at radius 1 is 1.17 bits per heavy atom. The number of furan rings is 1. The fourth-order valence-electron chi connectivity index (χ4n) is 3.89. The first kappa shape index (κ1) is 21.4. The molecule has 0 spiro atoms. The molecule has 0 unspecified atom stereocenters. The maximum atomic E-state index is 12.8. The Morgan fingerprint density at radius 2 is 1.93 bits per heavy atom. The van der Waals surface area contributed by atoms with E-state index < -0.39 is 0 Å². The minimum atomic E-state index is -0.354. The Hall–Kier alpha value is -2.28. The summed E-state index contributed by atoms with van der Waals surface area (Å²) < 4.78 is 5.41. The lowest BCUT2D eigenvalue weighted by molar-refractivity contribution is -0.138.